The van der Waals surface area contributed by atoms with Gasteiger partial charge in [-0.15, -0.1) is 0 Å². The third-order valence-corrected chi connectivity index (χ3v) is 6.80. The Labute approximate surface area is 212 Å². The van der Waals surface area contributed by atoms with Crippen molar-refractivity contribution in [2.75, 3.05) is 0 Å². The summed E-state index contributed by atoms with van der Waals surface area (Å²) in [6.07, 6.45) is 1.60. The average Bonchev–Trinajstić information content (AvgIpc) is 3.03. The summed E-state index contributed by atoms with van der Waals surface area (Å²) in [4.78, 5) is 26.7. The summed E-state index contributed by atoms with van der Waals surface area (Å²) in [5, 5.41) is 0.514. The predicted molar refractivity (Wildman–Crippen MR) is 133 cm³/mol. The number of imide groups is 1. The van der Waals surface area contributed by atoms with Gasteiger partial charge in [0.25, 0.3) is 11.1 Å². The second kappa shape index (κ2) is 10.3. The van der Waals surface area contributed by atoms with Crippen LogP contribution in [0.3, 0.4) is 0 Å². The SMILES string of the molecule is O=C1S/C(=C/c2cc(Cl)c(OCc3ccccc3F)c(Br)c2)C(=O)N1Cc1ccc(Cl)cc1. The Morgan fingerprint density at radius 3 is 2.48 bits per heavy atom. The second-order valence-corrected chi connectivity index (χ2v) is 9.78. The van der Waals surface area contributed by atoms with E-state index in [1.54, 1.807) is 60.7 Å². The number of carbonyl (C=O) groups is 2. The summed E-state index contributed by atoms with van der Waals surface area (Å²) in [5.41, 5.74) is 1.81. The van der Waals surface area contributed by atoms with Crippen LogP contribution in [0.15, 0.2) is 70.0 Å². The molecule has 0 spiro atoms. The van der Waals surface area contributed by atoms with Crippen LogP contribution in [0.25, 0.3) is 6.08 Å². The minimum absolute atomic E-state index is 0.00786. The Kier molecular flexibility index (Phi) is 7.44. The van der Waals surface area contributed by atoms with Crippen molar-refractivity contribution in [3.05, 3.63) is 103 Å². The van der Waals surface area contributed by atoms with E-state index in [9.17, 15) is 14.0 Å². The zero-order valence-corrected chi connectivity index (χ0v) is 20.8. The van der Waals surface area contributed by atoms with Crippen LogP contribution in [-0.4, -0.2) is 16.0 Å². The fraction of sp³-hybridized carbons (Fsp3) is 0.0833. The van der Waals surface area contributed by atoms with Crippen LogP contribution >= 0.6 is 50.9 Å². The number of carbonyl (C=O) groups excluding carboxylic acids is 2. The largest absolute Gasteiger partial charge is 0.486 e. The van der Waals surface area contributed by atoms with Crippen molar-refractivity contribution in [3.8, 4) is 5.75 Å². The molecule has 3 aromatic carbocycles. The highest BCUT2D eigenvalue weighted by Gasteiger charge is 2.35. The maximum Gasteiger partial charge on any atom is 0.293 e. The van der Waals surface area contributed by atoms with E-state index in [0.717, 1.165) is 17.3 Å². The molecule has 0 aromatic heterocycles. The lowest BCUT2D eigenvalue weighted by Crippen LogP contribution is -2.27. The van der Waals surface area contributed by atoms with Gasteiger partial charge in [0, 0.05) is 10.6 Å². The topological polar surface area (TPSA) is 46.6 Å². The van der Waals surface area contributed by atoms with Gasteiger partial charge in [0.1, 0.15) is 12.4 Å². The fourth-order valence-electron chi connectivity index (χ4n) is 3.13. The lowest BCUT2D eigenvalue weighted by Gasteiger charge is -2.13. The van der Waals surface area contributed by atoms with Crippen molar-refractivity contribution in [1.82, 2.24) is 4.90 Å². The highest BCUT2D eigenvalue weighted by atomic mass is 79.9. The summed E-state index contributed by atoms with van der Waals surface area (Å²) in [5.74, 6) is -0.393. The molecular formula is C24H15BrCl2FNO3S. The van der Waals surface area contributed by atoms with E-state index in [1.165, 1.54) is 11.0 Å². The summed E-state index contributed by atoms with van der Waals surface area (Å²) in [6.45, 7) is 0.167. The van der Waals surface area contributed by atoms with Crippen molar-refractivity contribution in [1.29, 1.82) is 0 Å². The number of hydrogen-bond acceptors (Lipinski definition) is 4. The maximum absolute atomic E-state index is 13.8. The summed E-state index contributed by atoms with van der Waals surface area (Å²) >= 11 is 16.6. The van der Waals surface area contributed by atoms with Crippen molar-refractivity contribution < 1.29 is 18.7 Å². The minimum atomic E-state index is -0.382. The number of nitrogens with zero attached hydrogens (tertiary/aromatic N) is 1. The molecule has 4 nitrogen and oxygen atoms in total. The monoisotopic (exact) mass is 565 g/mol. The van der Waals surface area contributed by atoms with Crippen molar-refractivity contribution in [3.63, 3.8) is 0 Å². The van der Waals surface area contributed by atoms with E-state index in [0.29, 0.717) is 26.4 Å². The molecule has 1 fully saturated rings. The van der Waals surface area contributed by atoms with E-state index in [-0.39, 0.29) is 40.0 Å². The van der Waals surface area contributed by atoms with Gasteiger partial charge in [-0.3, -0.25) is 14.5 Å². The standard InChI is InChI=1S/C24H15BrCl2FNO3S/c25-18-9-15(10-19(27)22(18)32-13-16-3-1-2-4-20(16)28)11-21-23(30)29(24(31)33-21)12-14-5-7-17(26)8-6-14/h1-11H,12-13H2/b21-11+. The molecule has 1 saturated heterocycles. The minimum Gasteiger partial charge on any atom is -0.486 e. The summed E-state index contributed by atoms with van der Waals surface area (Å²) in [6, 6.07) is 16.6. The van der Waals surface area contributed by atoms with Crippen LogP contribution in [0.5, 0.6) is 5.75 Å². The number of ether oxygens (including phenoxy) is 1. The van der Waals surface area contributed by atoms with Gasteiger partial charge in [-0.25, -0.2) is 4.39 Å². The lowest BCUT2D eigenvalue weighted by molar-refractivity contribution is -0.123. The predicted octanol–water partition coefficient (Wildman–Crippen LogP) is 7.71. The third kappa shape index (κ3) is 5.61. The first-order chi connectivity index (χ1) is 15.8. The van der Waals surface area contributed by atoms with E-state index >= 15 is 0 Å². The third-order valence-electron chi connectivity index (χ3n) is 4.78. The van der Waals surface area contributed by atoms with Crippen LogP contribution in [0, 0.1) is 5.82 Å². The first-order valence-electron chi connectivity index (χ1n) is 9.67. The van der Waals surface area contributed by atoms with Crippen LogP contribution in [0.1, 0.15) is 16.7 Å². The molecule has 9 heteroatoms. The Morgan fingerprint density at radius 1 is 1.06 bits per heavy atom. The molecule has 0 atom stereocenters. The normalized spacial score (nSPS) is 14.9. The van der Waals surface area contributed by atoms with Crippen molar-refractivity contribution >= 4 is 68.1 Å². The molecule has 0 unspecified atom stereocenters. The molecule has 2 amide bonds. The molecule has 168 valence electrons. The van der Waals surface area contributed by atoms with E-state index in [1.807, 2.05) is 0 Å². The van der Waals surface area contributed by atoms with Crippen molar-refractivity contribution in [2.45, 2.75) is 13.2 Å². The Bertz CT molecular complexity index is 1240. The van der Waals surface area contributed by atoms with Gasteiger partial charge in [-0.05, 0) is 75.2 Å². The zero-order chi connectivity index (χ0) is 23.5. The fourth-order valence-corrected chi connectivity index (χ4v) is 5.08. The molecule has 0 saturated carbocycles. The number of rotatable bonds is 6. The van der Waals surface area contributed by atoms with Gasteiger partial charge >= 0.3 is 0 Å². The first kappa shape index (κ1) is 23.8. The molecule has 0 N–H and O–H groups in total. The summed E-state index contributed by atoms with van der Waals surface area (Å²) in [7, 11) is 0. The van der Waals surface area contributed by atoms with Gasteiger partial charge in [0.2, 0.25) is 0 Å². The molecule has 4 rings (SSSR count). The van der Waals surface area contributed by atoms with Crippen LogP contribution in [0.4, 0.5) is 9.18 Å². The maximum atomic E-state index is 13.8. The Hall–Kier alpha value is -2.32. The number of thioether (sulfide) groups is 1. The quantitative estimate of drug-likeness (QED) is 0.287. The number of halogens is 4. The Balaban J connectivity index is 1.50. The highest BCUT2D eigenvalue weighted by Crippen LogP contribution is 2.38. The molecule has 1 heterocycles. The molecular weight excluding hydrogens is 552 g/mol. The molecule has 33 heavy (non-hydrogen) atoms. The highest BCUT2D eigenvalue weighted by molar-refractivity contribution is 9.10. The van der Waals surface area contributed by atoms with Gasteiger partial charge in [-0.1, -0.05) is 53.5 Å². The van der Waals surface area contributed by atoms with E-state index in [2.05, 4.69) is 15.9 Å². The molecule has 0 aliphatic carbocycles. The van der Waals surface area contributed by atoms with E-state index < -0.39 is 0 Å². The smallest absolute Gasteiger partial charge is 0.293 e. The van der Waals surface area contributed by atoms with E-state index in [4.69, 9.17) is 27.9 Å². The van der Waals surface area contributed by atoms with Crippen molar-refractivity contribution in [2.24, 2.45) is 0 Å². The number of amides is 2. The van der Waals surface area contributed by atoms with Gasteiger partial charge in [0.05, 0.1) is 20.9 Å². The number of benzene rings is 3. The molecule has 0 bridgehead atoms. The lowest BCUT2D eigenvalue weighted by atomic mass is 10.2. The average molecular weight is 567 g/mol. The Morgan fingerprint density at radius 2 is 1.79 bits per heavy atom. The second-order valence-electron chi connectivity index (χ2n) is 7.09. The molecule has 1 aliphatic rings. The summed E-state index contributed by atoms with van der Waals surface area (Å²) < 4.78 is 20.1. The van der Waals surface area contributed by atoms with Crippen LogP contribution < -0.4 is 4.74 Å². The molecule has 0 radical (unpaired) electrons. The molecule has 3 aromatic rings. The van der Waals surface area contributed by atoms with Gasteiger partial charge in [-0.2, -0.15) is 0 Å². The van der Waals surface area contributed by atoms with Gasteiger partial charge < -0.3 is 4.74 Å². The first-order valence-corrected chi connectivity index (χ1v) is 12.0. The zero-order valence-electron chi connectivity index (χ0n) is 16.9. The van der Waals surface area contributed by atoms with Crippen LogP contribution in [-0.2, 0) is 17.9 Å². The van der Waals surface area contributed by atoms with Gasteiger partial charge in [0.15, 0.2) is 5.75 Å². The molecule has 1 aliphatic heterocycles. The van der Waals surface area contributed by atoms with Crippen LogP contribution in [0.2, 0.25) is 10.0 Å². The number of hydrogen-bond donors (Lipinski definition) is 0.